The number of carbonyl (C=O) groups is 1. The summed E-state index contributed by atoms with van der Waals surface area (Å²) >= 11 is 1.27. The van der Waals surface area contributed by atoms with E-state index >= 15 is 0 Å². The van der Waals surface area contributed by atoms with Crippen molar-refractivity contribution < 1.29 is 4.79 Å². The van der Waals surface area contributed by atoms with Gasteiger partial charge in [-0.25, -0.2) is 9.78 Å². The maximum Gasteiger partial charge on any atom is 0.330 e. The van der Waals surface area contributed by atoms with Gasteiger partial charge in [0.25, 0.3) is 5.56 Å². The minimum absolute atomic E-state index is 0.00331. The van der Waals surface area contributed by atoms with Crippen molar-refractivity contribution >= 4 is 34.5 Å². The summed E-state index contributed by atoms with van der Waals surface area (Å²) in [5.74, 6) is 0.0849. The molecule has 8 nitrogen and oxygen atoms in total. The molecule has 146 valence electrons. The van der Waals surface area contributed by atoms with Crippen molar-refractivity contribution in [1.82, 2.24) is 19.5 Å². The van der Waals surface area contributed by atoms with Gasteiger partial charge in [0.2, 0.25) is 5.91 Å². The van der Waals surface area contributed by atoms with E-state index in [2.05, 4.69) is 20.3 Å². The molecule has 0 saturated heterocycles. The van der Waals surface area contributed by atoms with Crippen molar-refractivity contribution in [3.63, 3.8) is 0 Å². The summed E-state index contributed by atoms with van der Waals surface area (Å²) in [4.78, 5) is 46.5. The smallest absolute Gasteiger partial charge is 0.330 e. The van der Waals surface area contributed by atoms with E-state index < -0.39 is 11.2 Å². The minimum atomic E-state index is -0.516. The summed E-state index contributed by atoms with van der Waals surface area (Å²) in [6.45, 7) is 0. The first-order chi connectivity index (χ1) is 13.6. The number of nitrogens with one attached hydrogen (secondary N) is 3. The molecule has 28 heavy (non-hydrogen) atoms. The van der Waals surface area contributed by atoms with Gasteiger partial charge in [0.05, 0.1) is 16.8 Å². The van der Waals surface area contributed by atoms with E-state index in [1.54, 1.807) is 0 Å². The number of carbonyl (C=O) groups excluding carboxylic acids is 1. The average molecular weight is 399 g/mol. The van der Waals surface area contributed by atoms with Gasteiger partial charge in [-0.2, -0.15) is 0 Å². The number of hydrogen-bond acceptors (Lipinski definition) is 5. The highest BCUT2D eigenvalue weighted by Crippen LogP contribution is 2.29. The van der Waals surface area contributed by atoms with Crippen molar-refractivity contribution in [3.05, 3.63) is 51.2 Å². The van der Waals surface area contributed by atoms with Crippen molar-refractivity contribution in [2.45, 2.75) is 43.3 Å². The molecule has 0 atom stereocenters. The van der Waals surface area contributed by atoms with Crippen LogP contribution < -0.4 is 16.6 Å². The van der Waals surface area contributed by atoms with Crippen LogP contribution in [0.2, 0.25) is 0 Å². The lowest BCUT2D eigenvalue weighted by Gasteiger charge is -2.26. The number of hydrogen-bond donors (Lipinski definition) is 3. The molecule has 3 N–H and O–H groups in total. The summed E-state index contributed by atoms with van der Waals surface area (Å²) in [7, 11) is 0. The van der Waals surface area contributed by atoms with Crippen molar-refractivity contribution in [2.24, 2.45) is 0 Å². The highest BCUT2D eigenvalue weighted by molar-refractivity contribution is 7.99. The highest BCUT2D eigenvalue weighted by atomic mass is 32.2. The van der Waals surface area contributed by atoms with Crippen LogP contribution in [0, 0.1) is 0 Å². The molecule has 1 amide bonds. The number of nitrogens with zero attached hydrogens (tertiary/aromatic N) is 2. The van der Waals surface area contributed by atoms with Gasteiger partial charge in [0, 0.05) is 12.1 Å². The Kier molecular flexibility index (Phi) is 5.34. The lowest BCUT2D eigenvalue weighted by molar-refractivity contribution is -0.113. The van der Waals surface area contributed by atoms with Gasteiger partial charge >= 0.3 is 5.69 Å². The number of thioether (sulfide) groups is 1. The van der Waals surface area contributed by atoms with Crippen LogP contribution in [0.1, 0.15) is 38.1 Å². The molecule has 0 bridgehead atoms. The fourth-order valence-corrected chi connectivity index (χ4v) is 4.30. The van der Waals surface area contributed by atoms with E-state index in [-0.39, 0.29) is 23.5 Å². The Morgan fingerprint density at radius 3 is 2.75 bits per heavy atom. The van der Waals surface area contributed by atoms with Crippen LogP contribution in [0.5, 0.6) is 0 Å². The number of aromatic nitrogens is 4. The molecule has 0 unspecified atom stereocenters. The quantitative estimate of drug-likeness (QED) is 0.571. The summed E-state index contributed by atoms with van der Waals surface area (Å²) in [5.41, 5.74) is 0.759. The topological polar surface area (TPSA) is 113 Å². The summed E-state index contributed by atoms with van der Waals surface area (Å²) in [6, 6.07) is 8.91. The van der Waals surface area contributed by atoms with E-state index in [1.165, 1.54) is 22.4 Å². The SMILES string of the molecule is O=C(CSc1nc2ccccc2[nH]1)Nc1cc(=O)[nH]c(=O)n1C1CCCCC1. The maximum absolute atomic E-state index is 12.5. The van der Waals surface area contributed by atoms with E-state index in [4.69, 9.17) is 0 Å². The number of H-pyrrole nitrogens is 2. The number of benzene rings is 1. The number of fused-ring (bicyclic) bond motifs is 1. The normalized spacial score (nSPS) is 15.0. The monoisotopic (exact) mass is 399 g/mol. The minimum Gasteiger partial charge on any atom is -0.333 e. The molecule has 2 heterocycles. The van der Waals surface area contributed by atoms with Gasteiger partial charge in [-0.1, -0.05) is 43.2 Å². The molecule has 1 aliphatic rings. The largest absolute Gasteiger partial charge is 0.333 e. The molecule has 1 saturated carbocycles. The van der Waals surface area contributed by atoms with E-state index in [1.807, 2.05) is 24.3 Å². The summed E-state index contributed by atoms with van der Waals surface area (Å²) in [6.07, 6.45) is 4.94. The Labute approximate surface area is 164 Å². The Morgan fingerprint density at radius 2 is 1.96 bits per heavy atom. The van der Waals surface area contributed by atoms with Gasteiger partial charge in [0.1, 0.15) is 5.82 Å². The van der Waals surface area contributed by atoms with Crippen LogP contribution >= 0.6 is 11.8 Å². The van der Waals surface area contributed by atoms with Crippen LogP contribution in [-0.2, 0) is 4.79 Å². The van der Waals surface area contributed by atoms with E-state index in [0.29, 0.717) is 5.16 Å². The number of rotatable bonds is 5. The van der Waals surface area contributed by atoms with Gasteiger partial charge in [0.15, 0.2) is 5.16 Å². The Balaban J connectivity index is 1.49. The molecule has 0 radical (unpaired) electrons. The summed E-state index contributed by atoms with van der Waals surface area (Å²) in [5, 5.41) is 3.38. The fraction of sp³-hybridized carbons (Fsp3) is 0.368. The molecule has 0 aliphatic heterocycles. The molecular weight excluding hydrogens is 378 g/mol. The van der Waals surface area contributed by atoms with Crippen molar-refractivity contribution in [2.75, 3.05) is 11.1 Å². The molecule has 3 aromatic rings. The number of imidazole rings is 1. The van der Waals surface area contributed by atoms with E-state index in [0.717, 1.165) is 43.1 Å². The Hall–Kier alpha value is -2.81. The zero-order valence-corrected chi connectivity index (χ0v) is 16.1. The second kappa shape index (κ2) is 8.05. The molecular formula is C19H21N5O3S. The van der Waals surface area contributed by atoms with Crippen LogP contribution in [0.15, 0.2) is 45.1 Å². The lowest BCUT2D eigenvalue weighted by atomic mass is 9.95. The molecule has 0 spiro atoms. The third-order valence-electron chi connectivity index (χ3n) is 4.89. The van der Waals surface area contributed by atoms with Gasteiger partial charge in [-0.05, 0) is 25.0 Å². The van der Waals surface area contributed by atoms with Crippen LogP contribution in [0.4, 0.5) is 5.82 Å². The predicted octanol–water partition coefficient (Wildman–Crippen LogP) is 2.65. The second-order valence-electron chi connectivity index (χ2n) is 6.88. The predicted molar refractivity (Wildman–Crippen MR) is 109 cm³/mol. The first-order valence-electron chi connectivity index (χ1n) is 9.33. The van der Waals surface area contributed by atoms with E-state index in [9.17, 15) is 14.4 Å². The lowest BCUT2D eigenvalue weighted by Crippen LogP contribution is -2.36. The van der Waals surface area contributed by atoms with Crippen LogP contribution in [0.25, 0.3) is 11.0 Å². The number of para-hydroxylation sites is 2. The maximum atomic E-state index is 12.5. The van der Waals surface area contributed by atoms with Crippen LogP contribution in [0.3, 0.4) is 0 Å². The third-order valence-corrected chi connectivity index (χ3v) is 5.76. The third kappa shape index (κ3) is 4.04. The zero-order chi connectivity index (χ0) is 19.5. The van der Waals surface area contributed by atoms with Gasteiger partial charge < -0.3 is 10.3 Å². The molecule has 4 rings (SSSR count). The van der Waals surface area contributed by atoms with Gasteiger partial charge in [-0.3, -0.25) is 19.1 Å². The molecule has 2 aromatic heterocycles. The number of anilines is 1. The second-order valence-corrected chi connectivity index (χ2v) is 7.85. The Bertz CT molecular complexity index is 1080. The van der Waals surface area contributed by atoms with Gasteiger partial charge in [-0.15, -0.1) is 0 Å². The van der Waals surface area contributed by atoms with Crippen molar-refractivity contribution in [3.8, 4) is 0 Å². The zero-order valence-electron chi connectivity index (χ0n) is 15.2. The molecule has 1 aromatic carbocycles. The molecule has 1 aliphatic carbocycles. The van der Waals surface area contributed by atoms with Crippen LogP contribution in [-0.4, -0.2) is 31.2 Å². The first kappa shape index (κ1) is 18.5. The number of aromatic amines is 2. The molecule has 9 heteroatoms. The average Bonchev–Trinajstić information content (AvgIpc) is 3.10. The van der Waals surface area contributed by atoms with Crippen molar-refractivity contribution in [1.29, 1.82) is 0 Å². The Morgan fingerprint density at radius 1 is 1.18 bits per heavy atom. The summed E-state index contributed by atoms with van der Waals surface area (Å²) < 4.78 is 1.52. The molecule has 1 fully saturated rings. The standard InChI is InChI=1S/C19H21N5O3S/c25-16-10-15(24(19(27)23-16)12-6-2-1-3-7-12)22-17(26)11-28-18-20-13-8-4-5-9-14(13)21-18/h4-5,8-10,12H,1-3,6-7,11H2,(H,20,21)(H,22,26)(H,23,25,27). The highest BCUT2D eigenvalue weighted by Gasteiger charge is 2.21. The number of amides is 1. The first-order valence-corrected chi connectivity index (χ1v) is 10.3. The fourth-order valence-electron chi connectivity index (χ4n) is 3.61.